The molecule has 1 aromatic heterocycles. The van der Waals surface area contributed by atoms with Gasteiger partial charge in [-0.3, -0.25) is 0 Å². The maximum absolute atomic E-state index is 3.56. The number of benzene rings is 1. The first-order chi connectivity index (χ1) is 8.94. The Morgan fingerprint density at radius 1 is 1.26 bits per heavy atom. The second-order valence-electron chi connectivity index (χ2n) is 6.27. The van der Waals surface area contributed by atoms with Gasteiger partial charge < -0.3 is 10.3 Å². The maximum atomic E-state index is 3.56. The molecule has 1 aromatic carbocycles. The third kappa shape index (κ3) is 4.59. The van der Waals surface area contributed by atoms with E-state index in [2.05, 4.69) is 68.3 Å². The zero-order valence-corrected chi connectivity index (χ0v) is 13.1. The van der Waals surface area contributed by atoms with Crippen molar-refractivity contribution in [3.05, 3.63) is 30.3 Å². The van der Waals surface area contributed by atoms with Crippen LogP contribution in [-0.4, -0.2) is 22.8 Å². The van der Waals surface area contributed by atoms with Gasteiger partial charge in [0.25, 0.3) is 0 Å². The van der Waals surface area contributed by atoms with Gasteiger partial charge in [0, 0.05) is 22.2 Å². The van der Waals surface area contributed by atoms with Crippen LogP contribution in [0.5, 0.6) is 0 Å². The minimum atomic E-state index is 0.208. The van der Waals surface area contributed by atoms with Gasteiger partial charge in [-0.15, -0.1) is 11.8 Å². The van der Waals surface area contributed by atoms with Crippen molar-refractivity contribution < 1.29 is 0 Å². The monoisotopic (exact) mass is 276 g/mol. The van der Waals surface area contributed by atoms with E-state index in [9.17, 15) is 0 Å². The Labute approximate surface area is 120 Å². The highest BCUT2D eigenvalue weighted by Crippen LogP contribution is 2.24. The molecule has 1 unspecified atom stereocenters. The average molecular weight is 276 g/mol. The molecule has 0 saturated carbocycles. The minimum Gasteiger partial charge on any atom is -0.350 e. The summed E-state index contributed by atoms with van der Waals surface area (Å²) in [5.41, 5.74) is 1.44. The van der Waals surface area contributed by atoms with Crippen molar-refractivity contribution in [1.82, 2.24) is 10.3 Å². The first kappa shape index (κ1) is 14.5. The molecule has 0 aliphatic rings. The van der Waals surface area contributed by atoms with Crippen LogP contribution in [0.2, 0.25) is 0 Å². The summed E-state index contributed by atoms with van der Waals surface area (Å²) in [7, 11) is 0. The standard InChI is InChI=1S/C16H24N2S/c1-12(10-17-16(2,3)4)11-19-15-9-13-7-5-6-8-14(13)18-15/h5-9,12,17-18H,10-11H2,1-4H3. The Morgan fingerprint density at radius 2 is 2.00 bits per heavy atom. The Balaban J connectivity index is 1.84. The summed E-state index contributed by atoms with van der Waals surface area (Å²) in [6, 6.07) is 10.7. The number of H-pyrrole nitrogens is 1. The molecule has 1 heterocycles. The van der Waals surface area contributed by atoms with Crippen molar-refractivity contribution in [3.63, 3.8) is 0 Å². The number of nitrogens with one attached hydrogen (secondary N) is 2. The highest BCUT2D eigenvalue weighted by molar-refractivity contribution is 7.99. The molecule has 0 fully saturated rings. The summed E-state index contributed by atoms with van der Waals surface area (Å²) in [6.45, 7) is 10.0. The van der Waals surface area contributed by atoms with Gasteiger partial charge in [0.05, 0.1) is 5.03 Å². The van der Waals surface area contributed by atoms with Crippen LogP contribution in [0.4, 0.5) is 0 Å². The van der Waals surface area contributed by atoms with E-state index in [0.717, 1.165) is 12.3 Å². The maximum Gasteiger partial charge on any atom is 0.0732 e. The van der Waals surface area contributed by atoms with E-state index >= 15 is 0 Å². The van der Waals surface area contributed by atoms with Crippen LogP contribution < -0.4 is 5.32 Å². The zero-order chi connectivity index (χ0) is 13.9. The van der Waals surface area contributed by atoms with Crippen LogP contribution >= 0.6 is 11.8 Å². The predicted octanol–water partition coefficient (Wildman–Crippen LogP) is 4.28. The molecule has 2 nitrogen and oxygen atoms in total. The lowest BCUT2D eigenvalue weighted by molar-refractivity contribution is 0.395. The van der Waals surface area contributed by atoms with Crippen molar-refractivity contribution in [2.45, 2.75) is 38.3 Å². The molecule has 2 aromatic rings. The van der Waals surface area contributed by atoms with Crippen LogP contribution in [0, 0.1) is 5.92 Å². The van der Waals surface area contributed by atoms with Crippen molar-refractivity contribution in [2.75, 3.05) is 12.3 Å². The molecule has 1 atom stereocenters. The van der Waals surface area contributed by atoms with Gasteiger partial charge in [-0.2, -0.15) is 0 Å². The Kier molecular flexibility index (Phi) is 4.58. The number of para-hydroxylation sites is 1. The van der Waals surface area contributed by atoms with E-state index in [0.29, 0.717) is 5.92 Å². The summed E-state index contributed by atoms with van der Waals surface area (Å²) < 4.78 is 0. The minimum absolute atomic E-state index is 0.208. The molecule has 0 bridgehead atoms. The highest BCUT2D eigenvalue weighted by atomic mass is 32.2. The lowest BCUT2D eigenvalue weighted by atomic mass is 10.1. The first-order valence-corrected chi connectivity index (χ1v) is 7.88. The van der Waals surface area contributed by atoms with Gasteiger partial charge in [-0.1, -0.05) is 25.1 Å². The van der Waals surface area contributed by atoms with Crippen molar-refractivity contribution in [1.29, 1.82) is 0 Å². The second-order valence-corrected chi connectivity index (χ2v) is 7.33. The molecule has 0 aliphatic heterocycles. The van der Waals surface area contributed by atoms with E-state index < -0.39 is 0 Å². The molecule has 19 heavy (non-hydrogen) atoms. The smallest absolute Gasteiger partial charge is 0.0732 e. The van der Waals surface area contributed by atoms with Crippen LogP contribution in [0.25, 0.3) is 10.9 Å². The lowest BCUT2D eigenvalue weighted by Crippen LogP contribution is -2.39. The fourth-order valence-corrected chi connectivity index (χ4v) is 2.87. The third-order valence-corrected chi connectivity index (χ3v) is 4.28. The molecule has 2 N–H and O–H groups in total. The fraction of sp³-hybridized carbons (Fsp3) is 0.500. The Morgan fingerprint density at radius 3 is 2.68 bits per heavy atom. The SMILES string of the molecule is CC(CNC(C)(C)C)CSc1cc2ccccc2[nH]1. The number of fused-ring (bicyclic) bond motifs is 1. The Hall–Kier alpha value is -0.930. The van der Waals surface area contributed by atoms with E-state index in [4.69, 9.17) is 0 Å². The number of aromatic amines is 1. The molecule has 3 heteroatoms. The predicted molar refractivity (Wildman–Crippen MR) is 85.9 cm³/mol. The molecule has 2 rings (SSSR count). The summed E-state index contributed by atoms with van der Waals surface area (Å²) in [4.78, 5) is 3.47. The van der Waals surface area contributed by atoms with Crippen molar-refractivity contribution >= 4 is 22.7 Å². The number of thioether (sulfide) groups is 1. The quantitative estimate of drug-likeness (QED) is 0.798. The normalized spacial score (nSPS) is 13.9. The molecule has 0 saturated heterocycles. The number of rotatable bonds is 5. The van der Waals surface area contributed by atoms with Gasteiger partial charge >= 0.3 is 0 Å². The first-order valence-electron chi connectivity index (χ1n) is 6.89. The number of hydrogen-bond donors (Lipinski definition) is 2. The third-order valence-electron chi connectivity index (χ3n) is 3.01. The van der Waals surface area contributed by atoms with Gasteiger partial charge in [0.2, 0.25) is 0 Å². The number of hydrogen-bond acceptors (Lipinski definition) is 2. The average Bonchev–Trinajstić information content (AvgIpc) is 2.75. The molecule has 0 radical (unpaired) electrons. The summed E-state index contributed by atoms with van der Waals surface area (Å²) >= 11 is 1.91. The van der Waals surface area contributed by atoms with E-state index in [1.807, 2.05) is 11.8 Å². The zero-order valence-electron chi connectivity index (χ0n) is 12.3. The van der Waals surface area contributed by atoms with E-state index in [-0.39, 0.29) is 5.54 Å². The van der Waals surface area contributed by atoms with Crippen molar-refractivity contribution in [3.8, 4) is 0 Å². The highest BCUT2D eigenvalue weighted by Gasteiger charge is 2.11. The van der Waals surface area contributed by atoms with E-state index in [1.54, 1.807) is 0 Å². The second kappa shape index (κ2) is 6.02. The molecule has 0 spiro atoms. The van der Waals surface area contributed by atoms with Gasteiger partial charge in [0.1, 0.15) is 0 Å². The topological polar surface area (TPSA) is 27.8 Å². The summed E-state index contributed by atoms with van der Waals surface area (Å²) in [5, 5.41) is 6.13. The lowest BCUT2D eigenvalue weighted by Gasteiger charge is -2.23. The summed E-state index contributed by atoms with van der Waals surface area (Å²) in [6.07, 6.45) is 0. The fourth-order valence-electron chi connectivity index (χ4n) is 1.90. The van der Waals surface area contributed by atoms with Crippen LogP contribution in [0.1, 0.15) is 27.7 Å². The molecular weight excluding hydrogens is 252 g/mol. The van der Waals surface area contributed by atoms with Gasteiger partial charge in [0.15, 0.2) is 0 Å². The van der Waals surface area contributed by atoms with Gasteiger partial charge in [-0.05, 0) is 45.4 Å². The molecular formula is C16H24N2S. The largest absolute Gasteiger partial charge is 0.350 e. The molecule has 0 amide bonds. The summed E-state index contributed by atoms with van der Waals surface area (Å²) in [5.74, 6) is 1.80. The van der Waals surface area contributed by atoms with Gasteiger partial charge in [-0.25, -0.2) is 0 Å². The Bertz CT molecular complexity index is 492. The van der Waals surface area contributed by atoms with Crippen LogP contribution in [-0.2, 0) is 0 Å². The van der Waals surface area contributed by atoms with Crippen LogP contribution in [0.15, 0.2) is 35.4 Å². The molecule has 104 valence electrons. The van der Waals surface area contributed by atoms with E-state index in [1.165, 1.54) is 15.9 Å². The van der Waals surface area contributed by atoms with Crippen LogP contribution in [0.3, 0.4) is 0 Å². The molecule has 0 aliphatic carbocycles. The van der Waals surface area contributed by atoms with Crippen molar-refractivity contribution in [2.24, 2.45) is 5.92 Å². The number of aromatic nitrogens is 1.